The molecule has 112 valence electrons. The van der Waals surface area contributed by atoms with Gasteiger partial charge >= 0.3 is 0 Å². The Hall–Kier alpha value is -3.39. The zero-order valence-corrected chi connectivity index (χ0v) is 12.4. The number of ether oxygens (including phenoxy) is 1. The van der Waals surface area contributed by atoms with Crippen LogP contribution < -0.4 is 10.3 Å². The van der Waals surface area contributed by atoms with Gasteiger partial charge in [0, 0.05) is 5.56 Å². The van der Waals surface area contributed by atoms with E-state index in [2.05, 4.69) is 16.0 Å². The van der Waals surface area contributed by atoms with Crippen molar-refractivity contribution < 1.29 is 4.74 Å². The molecule has 0 aliphatic carbocycles. The van der Waals surface area contributed by atoms with Crippen molar-refractivity contribution in [2.45, 2.75) is 0 Å². The summed E-state index contributed by atoms with van der Waals surface area (Å²) in [6.07, 6.45) is 1.64. The minimum absolute atomic E-state index is 0.238. The van der Waals surface area contributed by atoms with E-state index in [-0.39, 0.29) is 17.0 Å². The molecule has 0 spiro atoms. The van der Waals surface area contributed by atoms with Gasteiger partial charge in [0.15, 0.2) is 5.82 Å². The summed E-state index contributed by atoms with van der Waals surface area (Å²) in [7, 11) is 1.56. The molecule has 0 saturated heterocycles. The van der Waals surface area contributed by atoms with Crippen molar-refractivity contribution >= 4 is 22.6 Å². The lowest BCUT2D eigenvalue weighted by atomic mass is 10.1. The van der Waals surface area contributed by atoms with E-state index in [0.29, 0.717) is 16.7 Å². The van der Waals surface area contributed by atoms with Gasteiger partial charge in [-0.05, 0) is 24.3 Å². The summed E-state index contributed by atoms with van der Waals surface area (Å²) in [6.45, 7) is 0. The second-order valence-electron chi connectivity index (χ2n) is 4.84. The zero-order valence-electron chi connectivity index (χ0n) is 12.4. The van der Waals surface area contributed by atoms with Crippen LogP contribution >= 0.6 is 0 Å². The average molecular weight is 303 g/mol. The lowest BCUT2D eigenvalue weighted by Crippen LogP contribution is -2.11. The van der Waals surface area contributed by atoms with Crippen molar-refractivity contribution in [1.82, 2.24) is 9.97 Å². The summed E-state index contributed by atoms with van der Waals surface area (Å²) in [5.74, 6) is 0.880. The standard InChI is InChI=1S/C18H13N3O2/c1-23-16-9-5-2-6-12(16)10-13(11-19)17-20-15-8-4-3-7-14(15)18(22)21-17/h2-10H,1H3,(H,20,21,22)/b13-10+. The van der Waals surface area contributed by atoms with E-state index in [1.165, 1.54) is 0 Å². The Morgan fingerprint density at radius 1 is 1.22 bits per heavy atom. The maximum Gasteiger partial charge on any atom is 0.259 e. The molecular formula is C18H13N3O2. The fourth-order valence-corrected chi connectivity index (χ4v) is 2.31. The van der Waals surface area contributed by atoms with Crippen molar-refractivity contribution in [3.05, 3.63) is 70.3 Å². The molecule has 5 heteroatoms. The molecule has 23 heavy (non-hydrogen) atoms. The molecule has 0 amide bonds. The topological polar surface area (TPSA) is 78.8 Å². The van der Waals surface area contributed by atoms with Gasteiger partial charge in [0.25, 0.3) is 5.56 Å². The number of fused-ring (bicyclic) bond motifs is 1. The number of methoxy groups -OCH3 is 1. The first-order valence-electron chi connectivity index (χ1n) is 6.97. The molecular weight excluding hydrogens is 290 g/mol. The van der Waals surface area contributed by atoms with Crippen LogP contribution in [0.2, 0.25) is 0 Å². The summed E-state index contributed by atoms with van der Waals surface area (Å²) in [4.78, 5) is 19.2. The maximum absolute atomic E-state index is 12.1. The molecule has 3 rings (SSSR count). The SMILES string of the molecule is COc1ccccc1/C=C(\C#N)c1nc2ccccc2c(=O)[nH]1. The predicted octanol–water partition coefficient (Wildman–Crippen LogP) is 3.00. The van der Waals surface area contributed by atoms with Gasteiger partial charge < -0.3 is 9.72 Å². The van der Waals surface area contributed by atoms with Crippen molar-refractivity contribution in [2.75, 3.05) is 7.11 Å². The van der Waals surface area contributed by atoms with Crippen molar-refractivity contribution in [3.63, 3.8) is 0 Å². The Morgan fingerprint density at radius 3 is 2.74 bits per heavy atom. The number of allylic oxidation sites excluding steroid dienone is 1. The van der Waals surface area contributed by atoms with Crippen molar-refractivity contribution in [2.24, 2.45) is 0 Å². The fraction of sp³-hybridized carbons (Fsp3) is 0.0556. The van der Waals surface area contributed by atoms with E-state index in [1.807, 2.05) is 18.2 Å². The number of para-hydroxylation sites is 2. The number of benzene rings is 2. The quantitative estimate of drug-likeness (QED) is 0.754. The first kappa shape index (κ1) is 14.5. The van der Waals surface area contributed by atoms with Crippen LogP contribution in [-0.2, 0) is 0 Å². The van der Waals surface area contributed by atoms with E-state index in [1.54, 1.807) is 43.5 Å². The molecule has 2 aromatic carbocycles. The van der Waals surface area contributed by atoms with Crippen LogP contribution in [0, 0.1) is 11.3 Å². The smallest absolute Gasteiger partial charge is 0.259 e. The molecule has 1 aromatic heterocycles. The highest BCUT2D eigenvalue weighted by Crippen LogP contribution is 2.23. The number of nitriles is 1. The molecule has 5 nitrogen and oxygen atoms in total. The van der Waals surface area contributed by atoms with Gasteiger partial charge in [0.2, 0.25) is 0 Å². The third-order valence-corrected chi connectivity index (χ3v) is 3.43. The summed E-state index contributed by atoms with van der Waals surface area (Å²) < 4.78 is 5.27. The minimum Gasteiger partial charge on any atom is -0.496 e. The molecule has 3 aromatic rings. The third-order valence-electron chi connectivity index (χ3n) is 3.43. The Labute approximate surface area is 132 Å². The van der Waals surface area contributed by atoms with Crippen LogP contribution in [0.3, 0.4) is 0 Å². The number of H-pyrrole nitrogens is 1. The van der Waals surface area contributed by atoms with E-state index in [4.69, 9.17) is 4.74 Å². The highest BCUT2D eigenvalue weighted by Gasteiger charge is 2.09. The van der Waals surface area contributed by atoms with Crippen LogP contribution in [-0.4, -0.2) is 17.1 Å². The second-order valence-corrected chi connectivity index (χ2v) is 4.84. The van der Waals surface area contributed by atoms with E-state index < -0.39 is 0 Å². The molecule has 0 unspecified atom stereocenters. The number of nitrogens with one attached hydrogen (secondary N) is 1. The second kappa shape index (κ2) is 6.16. The summed E-state index contributed by atoms with van der Waals surface area (Å²) >= 11 is 0. The first-order valence-corrected chi connectivity index (χ1v) is 6.97. The lowest BCUT2D eigenvalue weighted by Gasteiger charge is -2.05. The van der Waals surface area contributed by atoms with Crippen molar-refractivity contribution in [1.29, 1.82) is 5.26 Å². The Kier molecular flexibility index (Phi) is 3.89. The number of hydrogen-bond acceptors (Lipinski definition) is 4. The van der Waals surface area contributed by atoms with Gasteiger partial charge in [-0.2, -0.15) is 5.26 Å². The Bertz CT molecular complexity index is 997. The van der Waals surface area contributed by atoms with Crippen LogP contribution in [0.4, 0.5) is 0 Å². The molecule has 1 N–H and O–H groups in total. The molecule has 0 bridgehead atoms. The molecule has 0 fully saturated rings. The third kappa shape index (κ3) is 2.83. The summed E-state index contributed by atoms with van der Waals surface area (Å²) in [5.41, 5.74) is 1.28. The molecule has 0 atom stereocenters. The van der Waals surface area contributed by atoms with E-state index in [9.17, 15) is 10.1 Å². The Balaban J connectivity index is 2.17. The van der Waals surface area contributed by atoms with Crippen LogP contribution in [0.5, 0.6) is 5.75 Å². The number of hydrogen-bond donors (Lipinski definition) is 1. The predicted molar refractivity (Wildman–Crippen MR) is 88.8 cm³/mol. The van der Waals surface area contributed by atoms with Crippen LogP contribution in [0.1, 0.15) is 11.4 Å². The summed E-state index contributed by atoms with van der Waals surface area (Å²) in [6, 6.07) is 16.4. The van der Waals surface area contributed by atoms with Crippen LogP contribution in [0.15, 0.2) is 53.3 Å². The molecule has 0 aliphatic rings. The number of aromatic nitrogens is 2. The molecule has 1 heterocycles. The summed E-state index contributed by atoms with van der Waals surface area (Å²) in [5, 5.41) is 9.94. The molecule has 0 aliphatic heterocycles. The van der Waals surface area contributed by atoms with Crippen molar-refractivity contribution in [3.8, 4) is 11.8 Å². The monoisotopic (exact) mass is 303 g/mol. The van der Waals surface area contributed by atoms with Crippen LogP contribution in [0.25, 0.3) is 22.6 Å². The average Bonchev–Trinajstić information content (AvgIpc) is 2.60. The van der Waals surface area contributed by atoms with Gasteiger partial charge in [-0.15, -0.1) is 0 Å². The van der Waals surface area contributed by atoms with Gasteiger partial charge in [-0.25, -0.2) is 4.98 Å². The lowest BCUT2D eigenvalue weighted by molar-refractivity contribution is 0.414. The number of rotatable bonds is 3. The maximum atomic E-state index is 12.1. The fourth-order valence-electron chi connectivity index (χ4n) is 2.31. The normalized spacial score (nSPS) is 11.2. The highest BCUT2D eigenvalue weighted by atomic mass is 16.5. The van der Waals surface area contributed by atoms with Gasteiger partial charge in [0.05, 0.1) is 23.6 Å². The molecule has 0 saturated carbocycles. The Morgan fingerprint density at radius 2 is 1.96 bits per heavy atom. The van der Waals surface area contributed by atoms with E-state index in [0.717, 1.165) is 5.56 Å². The highest BCUT2D eigenvalue weighted by molar-refractivity contribution is 5.90. The number of aromatic amines is 1. The van der Waals surface area contributed by atoms with Gasteiger partial charge in [-0.3, -0.25) is 4.79 Å². The first-order chi connectivity index (χ1) is 11.2. The largest absolute Gasteiger partial charge is 0.496 e. The molecule has 0 radical (unpaired) electrons. The van der Waals surface area contributed by atoms with Gasteiger partial charge in [0.1, 0.15) is 11.8 Å². The van der Waals surface area contributed by atoms with Gasteiger partial charge in [-0.1, -0.05) is 30.3 Å². The minimum atomic E-state index is -0.272. The van der Waals surface area contributed by atoms with E-state index >= 15 is 0 Å². The zero-order chi connectivity index (χ0) is 16.2. The number of nitrogens with zero attached hydrogens (tertiary/aromatic N) is 2.